The van der Waals surface area contributed by atoms with Gasteiger partial charge in [0, 0.05) is 6.07 Å². The highest BCUT2D eigenvalue weighted by Crippen LogP contribution is 2.11. The predicted octanol–water partition coefficient (Wildman–Crippen LogP) is -0.00358. The molecule has 0 fully saturated rings. The van der Waals surface area contributed by atoms with E-state index in [-0.39, 0.29) is 5.69 Å². The first-order chi connectivity index (χ1) is 7.74. The molecule has 0 spiro atoms. The van der Waals surface area contributed by atoms with Crippen molar-refractivity contribution < 1.29 is 21.7 Å². The highest BCUT2D eigenvalue weighted by Gasteiger charge is 2.29. The second-order valence-corrected chi connectivity index (χ2v) is 5.38. The molecule has 0 aliphatic carbocycles. The number of aryl methyl sites for hydroxylation is 1. The van der Waals surface area contributed by atoms with E-state index in [1.807, 2.05) is 0 Å². The summed E-state index contributed by atoms with van der Waals surface area (Å²) in [7, 11) is -3.87. The molecule has 98 valence electrons. The fraction of sp³-hybridized carbons (Fsp3) is 0.625. The number of sulfonamides is 1. The van der Waals surface area contributed by atoms with Crippen molar-refractivity contribution in [3.05, 3.63) is 17.5 Å². The molecule has 0 saturated carbocycles. The third-order valence-corrected chi connectivity index (χ3v) is 3.12. The van der Waals surface area contributed by atoms with Gasteiger partial charge in [-0.2, -0.15) is 0 Å². The first kappa shape index (κ1) is 14.0. The molecule has 0 amide bonds. The van der Waals surface area contributed by atoms with E-state index in [1.54, 1.807) is 11.6 Å². The van der Waals surface area contributed by atoms with E-state index in [0.29, 0.717) is 5.76 Å². The first-order valence-corrected chi connectivity index (χ1v) is 6.37. The number of hydrogen-bond acceptors (Lipinski definition) is 5. The van der Waals surface area contributed by atoms with Gasteiger partial charge < -0.3 is 10.3 Å². The van der Waals surface area contributed by atoms with E-state index >= 15 is 0 Å². The molecular weight excluding hydrogens is 256 g/mol. The van der Waals surface area contributed by atoms with Gasteiger partial charge in [0.2, 0.25) is 10.0 Å². The van der Waals surface area contributed by atoms with Crippen LogP contribution >= 0.6 is 0 Å². The maximum absolute atomic E-state index is 12.7. The van der Waals surface area contributed by atoms with Crippen LogP contribution in [0.25, 0.3) is 0 Å². The molecule has 9 heteroatoms. The maximum atomic E-state index is 12.7. The Morgan fingerprint density at radius 2 is 2.24 bits per heavy atom. The number of aromatic nitrogens is 1. The zero-order valence-electron chi connectivity index (χ0n) is 9.11. The predicted molar refractivity (Wildman–Crippen MR) is 55.9 cm³/mol. The molecule has 0 aliphatic heterocycles. The standard InChI is InChI=1S/C8H13F2N3O3S/c1-6-2-7(13-16-6)3-17(14,15)12-5-8(9,10)4-11/h2,12H,3-5,11H2,1H3. The van der Waals surface area contributed by atoms with E-state index in [2.05, 4.69) is 9.68 Å². The van der Waals surface area contributed by atoms with Crippen molar-refractivity contribution in [1.29, 1.82) is 0 Å². The van der Waals surface area contributed by atoms with Crippen molar-refractivity contribution >= 4 is 10.0 Å². The molecule has 0 saturated heterocycles. The van der Waals surface area contributed by atoms with Crippen molar-refractivity contribution in [2.45, 2.75) is 18.6 Å². The molecule has 0 atom stereocenters. The zero-order chi connectivity index (χ0) is 13.1. The number of alkyl halides is 2. The molecule has 3 N–H and O–H groups in total. The Kier molecular flexibility index (Phi) is 4.17. The SMILES string of the molecule is Cc1cc(CS(=O)(=O)NCC(F)(F)CN)no1. The van der Waals surface area contributed by atoms with Gasteiger partial charge in [0.05, 0.1) is 13.1 Å². The second kappa shape index (κ2) is 5.07. The molecule has 0 aliphatic rings. The van der Waals surface area contributed by atoms with Crippen LogP contribution in [0.15, 0.2) is 10.6 Å². The van der Waals surface area contributed by atoms with Crippen LogP contribution in [0.1, 0.15) is 11.5 Å². The summed E-state index contributed by atoms with van der Waals surface area (Å²) in [5.74, 6) is -3.32. The molecule has 1 aromatic rings. The number of nitrogens with zero attached hydrogens (tertiary/aromatic N) is 1. The minimum Gasteiger partial charge on any atom is -0.361 e. The Balaban J connectivity index is 2.58. The molecule has 0 unspecified atom stereocenters. The van der Waals surface area contributed by atoms with Gasteiger partial charge in [0.15, 0.2) is 0 Å². The Morgan fingerprint density at radius 3 is 2.71 bits per heavy atom. The van der Waals surface area contributed by atoms with Crippen LogP contribution in [0.5, 0.6) is 0 Å². The lowest BCUT2D eigenvalue weighted by molar-refractivity contribution is 0.0170. The van der Waals surface area contributed by atoms with Gasteiger partial charge in [-0.1, -0.05) is 5.16 Å². The molecule has 0 aromatic carbocycles. The maximum Gasteiger partial charge on any atom is 0.273 e. The first-order valence-electron chi connectivity index (χ1n) is 4.71. The average molecular weight is 269 g/mol. The van der Waals surface area contributed by atoms with Crippen molar-refractivity contribution in [3.63, 3.8) is 0 Å². The van der Waals surface area contributed by atoms with Gasteiger partial charge in [0.25, 0.3) is 5.92 Å². The van der Waals surface area contributed by atoms with Gasteiger partial charge >= 0.3 is 0 Å². The lowest BCUT2D eigenvalue weighted by Crippen LogP contribution is -2.41. The van der Waals surface area contributed by atoms with Crippen LogP contribution in [-0.4, -0.2) is 32.6 Å². The highest BCUT2D eigenvalue weighted by molar-refractivity contribution is 7.88. The number of hydrogen-bond donors (Lipinski definition) is 2. The zero-order valence-corrected chi connectivity index (χ0v) is 9.93. The smallest absolute Gasteiger partial charge is 0.273 e. The number of halogens is 2. The Labute approximate surface area is 97.2 Å². The van der Waals surface area contributed by atoms with Crippen LogP contribution in [0.4, 0.5) is 8.78 Å². The molecule has 1 heterocycles. The van der Waals surface area contributed by atoms with Crippen molar-refractivity contribution in [2.75, 3.05) is 13.1 Å². The molecule has 0 radical (unpaired) electrons. The summed E-state index contributed by atoms with van der Waals surface area (Å²) in [4.78, 5) is 0. The average Bonchev–Trinajstić information content (AvgIpc) is 2.61. The van der Waals surface area contributed by atoms with Gasteiger partial charge in [-0.05, 0) is 6.92 Å². The third-order valence-electron chi connectivity index (χ3n) is 1.86. The summed E-state index contributed by atoms with van der Waals surface area (Å²) >= 11 is 0. The largest absolute Gasteiger partial charge is 0.361 e. The lowest BCUT2D eigenvalue weighted by Gasteiger charge is -2.14. The minimum atomic E-state index is -3.87. The van der Waals surface area contributed by atoms with Gasteiger partial charge in [-0.25, -0.2) is 21.9 Å². The fourth-order valence-corrected chi connectivity index (χ4v) is 2.08. The summed E-state index contributed by atoms with van der Waals surface area (Å²) in [5.41, 5.74) is 4.94. The quantitative estimate of drug-likeness (QED) is 0.757. The van der Waals surface area contributed by atoms with Gasteiger partial charge in [-0.15, -0.1) is 0 Å². The van der Waals surface area contributed by atoms with E-state index in [0.717, 1.165) is 0 Å². The van der Waals surface area contributed by atoms with Gasteiger partial charge in [-0.3, -0.25) is 0 Å². The normalized spacial score (nSPS) is 12.9. The Bertz CT molecular complexity index is 472. The summed E-state index contributed by atoms with van der Waals surface area (Å²) in [6.07, 6.45) is 0. The van der Waals surface area contributed by atoms with Crippen molar-refractivity contribution in [2.24, 2.45) is 5.73 Å². The highest BCUT2D eigenvalue weighted by atomic mass is 32.2. The van der Waals surface area contributed by atoms with E-state index < -0.39 is 34.8 Å². The summed E-state index contributed by atoms with van der Waals surface area (Å²) in [6, 6.07) is 1.42. The molecule has 1 aromatic heterocycles. The molecule has 1 rings (SSSR count). The van der Waals surface area contributed by atoms with Crippen LogP contribution < -0.4 is 10.5 Å². The molecule has 0 bridgehead atoms. The Morgan fingerprint density at radius 1 is 1.59 bits per heavy atom. The summed E-state index contributed by atoms with van der Waals surface area (Å²) in [5, 5.41) is 3.46. The minimum absolute atomic E-state index is 0.158. The van der Waals surface area contributed by atoms with E-state index in [4.69, 9.17) is 5.73 Å². The second-order valence-electron chi connectivity index (χ2n) is 3.57. The lowest BCUT2D eigenvalue weighted by atomic mass is 10.3. The molecule has 6 nitrogen and oxygen atoms in total. The monoisotopic (exact) mass is 269 g/mol. The van der Waals surface area contributed by atoms with Crippen LogP contribution in [0.3, 0.4) is 0 Å². The number of rotatable bonds is 6. The molecular formula is C8H13F2N3O3S. The van der Waals surface area contributed by atoms with Crippen LogP contribution in [0.2, 0.25) is 0 Å². The fourth-order valence-electron chi connectivity index (χ4n) is 1.02. The number of nitrogens with two attached hydrogens (primary N) is 1. The summed E-state index contributed by atoms with van der Waals surface area (Å²) in [6.45, 7) is -0.347. The van der Waals surface area contributed by atoms with E-state index in [9.17, 15) is 17.2 Å². The third kappa shape index (κ3) is 4.75. The van der Waals surface area contributed by atoms with Crippen molar-refractivity contribution in [1.82, 2.24) is 9.88 Å². The van der Waals surface area contributed by atoms with Crippen LogP contribution in [0, 0.1) is 6.92 Å². The van der Waals surface area contributed by atoms with Crippen molar-refractivity contribution in [3.8, 4) is 0 Å². The Hall–Kier alpha value is -1.06. The van der Waals surface area contributed by atoms with Gasteiger partial charge in [0.1, 0.15) is 17.2 Å². The van der Waals surface area contributed by atoms with Crippen LogP contribution in [-0.2, 0) is 15.8 Å². The topological polar surface area (TPSA) is 98.2 Å². The summed E-state index contributed by atoms with van der Waals surface area (Å²) < 4.78 is 54.7. The molecule has 17 heavy (non-hydrogen) atoms. The number of nitrogens with one attached hydrogen (secondary N) is 1. The van der Waals surface area contributed by atoms with E-state index in [1.165, 1.54) is 6.07 Å².